The molecule has 0 bridgehead atoms. The smallest absolute Gasteiger partial charge is 0.277 e. The van der Waals surface area contributed by atoms with Crippen molar-refractivity contribution in [2.24, 2.45) is 5.10 Å². The summed E-state index contributed by atoms with van der Waals surface area (Å²) in [6, 6.07) is 18.4. The van der Waals surface area contributed by atoms with Gasteiger partial charge in [-0.25, -0.2) is 5.43 Å². The second-order valence-electron chi connectivity index (χ2n) is 5.58. The number of benzene rings is 2. The zero-order valence-electron chi connectivity index (χ0n) is 14.1. The molecular formula is C20H17ClN2O3. The highest BCUT2D eigenvalue weighted by molar-refractivity contribution is 6.33. The Hall–Kier alpha value is -3.05. The highest BCUT2D eigenvalue weighted by Gasteiger charge is 2.07. The van der Waals surface area contributed by atoms with Gasteiger partial charge < -0.3 is 9.15 Å². The fourth-order valence-electron chi connectivity index (χ4n) is 2.21. The van der Waals surface area contributed by atoms with Crippen molar-refractivity contribution in [2.45, 2.75) is 6.92 Å². The van der Waals surface area contributed by atoms with Crippen LogP contribution in [0.15, 0.2) is 70.2 Å². The van der Waals surface area contributed by atoms with Gasteiger partial charge in [-0.2, -0.15) is 5.10 Å². The largest absolute Gasteiger partial charge is 0.484 e. The summed E-state index contributed by atoms with van der Waals surface area (Å²) in [7, 11) is 0. The fourth-order valence-corrected chi connectivity index (χ4v) is 2.44. The van der Waals surface area contributed by atoms with Crippen molar-refractivity contribution in [3.63, 3.8) is 0 Å². The topological polar surface area (TPSA) is 63.8 Å². The molecule has 3 aromatic rings. The third kappa shape index (κ3) is 4.74. The van der Waals surface area contributed by atoms with Crippen molar-refractivity contribution in [1.29, 1.82) is 0 Å². The summed E-state index contributed by atoms with van der Waals surface area (Å²) in [5.41, 5.74) is 4.31. The fraction of sp³-hybridized carbons (Fsp3) is 0.100. The minimum Gasteiger partial charge on any atom is -0.484 e. The predicted octanol–water partition coefficient (Wildman–Crippen LogP) is 4.44. The summed E-state index contributed by atoms with van der Waals surface area (Å²) in [5, 5.41) is 4.47. The summed E-state index contributed by atoms with van der Waals surface area (Å²) in [6.07, 6.45) is 1.42. The van der Waals surface area contributed by atoms with Crippen LogP contribution in [0.4, 0.5) is 0 Å². The Morgan fingerprint density at radius 2 is 1.92 bits per heavy atom. The van der Waals surface area contributed by atoms with E-state index in [-0.39, 0.29) is 12.5 Å². The predicted molar refractivity (Wildman–Crippen MR) is 102 cm³/mol. The van der Waals surface area contributed by atoms with Crippen LogP contribution in [0.2, 0.25) is 5.02 Å². The van der Waals surface area contributed by atoms with E-state index < -0.39 is 0 Å². The first-order chi connectivity index (χ1) is 12.6. The molecule has 26 heavy (non-hydrogen) atoms. The summed E-state index contributed by atoms with van der Waals surface area (Å²) in [6.45, 7) is 1.86. The summed E-state index contributed by atoms with van der Waals surface area (Å²) >= 11 is 6.14. The first-order valence-electron chi connectivity index (χ1n) is 7.98. The van der Waals surface area contributed by atoms with Gasteiger partial charge in [-0.05, 0) is 43.3 Å². The van der Waals surface area contributed by atoms with Gasteiger partial charge >= 0.3 is 0 Å². The lowest BCUT2D eigenvalue weighted by molar-refractivity contribution is -0.123. The molecule has 0 unspecified atom stereocenters. The number of carbonyl (C=O) groups excluding carboxylic acids is 1. The van der Waals surface area contributed by atoms with E-state index in [0.717, 1.165) is 11.1 Å². The molecule has 6 heteroatoms. The number of hydrazone groups is 1. The standard InChI is InChI=1S/C20H17ClN2O3/c1-14-6-8-15(9-7-14)25-13-20(24)23-22-12-16-10-11-19(26-16)17-4-2-3-5-18(17)21/h2-12H,13H2,1H3,(H,23,24)/b22-12+. The second kappa shape index (κ2) is 8.36. The molecule has 0 saturated heterocycles. The van der Waals surface area contributed by atoms with E-state index in [0.29, 0.717) is 22.3 Å². The molecule has 0 saturated carbocycles. The van der Waals surface area contributed by atoms with Crippen molar-refractivity contribution in [3.8, 4) is 17.1 Å². The number of aryl methyl sites for hydroxylation is 1. The number of furan rings is 1. The van der Waals surface area contributed by atoms with E-state index in [1.807, 2.05) is 49.4 Å². The number of hydrogen-bond acceptors (Lipinski definition) is 4. The van der Waals surface area contributed by atoms with Gasteiger partial charge in [0.05, 0.1) is 11.2 Å². The maximum Gasteiger partial charge on any atom is 0.277 e. The SMILES string of the molecule is Cc1ccc(OCC(=O)N/N=C/c2ccc(-c3ccccc3Cl)o2)cc1. The lowest BCUT2D eigenvalue weighted by Crippen LogP contribution is -2.24. The molecule has 0 spiro atoms. The van der Waals surface area contributed by atoms with Crippen molar-refractivity contribution in [2.75, 3.05) is 6.61 Å². The Bertz CT molecular complexity index is 917. The molecule has 132 valence electrons. The van der Waals surface area contributed by atoms with Gasteiger partial charge in [0, 0.05) is 5.56 Å². The molecule has 2 aromatic carbocycles. The molecule has 3 rings (SSSR count). The van der Waals surface area contributed by atoms with Crippen LogP contribution in [0.5, 0.6) is 5.75 Å². The van der Waals surface area contributed by atoms with Crippen LogP contribution in [0.1, 0.15) is 11.3 Å². The lowest BCUT2D eigenvalue weighted by atomic mass is 10.2. The van der Waals surface area contributed by atoms with Crippen LogP contribution in [0.25, 0.3) is 11.3 Å². The molecule has 0 radical (unpaired) electrons. The molecule has 1 aromatic heterocycles. The zero-order valence-corrected chi connectivity index (χ0v) is 14.9. The summed E-state index contributed by atoms with van der Waals surface area (Å²) in [4.78, 5) is 11.7. The maximum absolute atomic E-state index is 11.7. The van der Waals surface area contributed by atoms with E-state index >= 15 is 0 Å². The van der Waals surface area contributed by atoms with Crippen molar-refractivity contribution < 1.29 is 13.9 Å². The maximum atomic E-state index is 11.7. The number of ether oxygens (including phenoxy) is 1. The number of halogens is 1. The highest BCUT2D eigenvalue weighted by Crippen LogP contribution is 2.28. The Morgan fingerprint density at radius 3 is 2.69 bits per heavy atom. The molecule has 5 nitrogen and oxygen atoms in total. The van der Waals surface area contributed by atoms with Crippen LogP contribution in [-0.4, -0.2) is 18.7 Å². The van der Waals surface area contributed by atoms with Crippen molar-refractivity contribution in [3.05, 3.63) is 77.0 Å². The Kier molecular flexibility index (Phi) is 5.71. The van der Waals surface area contributed by atoms with Crippen LogP contribution in [0.3, 0.4) is 0 Å². The Morgan fingerprint density at radius 1 is 1.15 bits per heavy atom. The van der Waals surface area contributed by atoms with Crippen LogP contribution in [-0.2, 0) is 4.79 Å². The second-order valence-corrected chi connectivity index (χ2v) is 5.98. The monoisotopic (exact) mass is 368 g/mol. The highest BCUT2D eigenvalue weighted by atomic mass is 35.5. The van der Waals surface area contributed by atoms with Gasteiger partial charge in [0.25, 0.3) is 5.91 Å². The van der Waals surface area contributed by atoms with Gasteiger partial charge in [-0.3, -0.25) is 4.79 Å². The molecule has 0 aliphatic carbocycles. The minimum atomic E-state index is -0.361. The molecule has 0 aliphatic rings. The van der Waals surface area contributed by atoms with E-state index in [9.17, 15) is 4.79 Å². The lowest BCUT2D eigenvalue weighted by Gasteiger charge is -2.04. The third-order valence-corrected chi connectivity index (χ3v) is 3.87. The van der Waals surface area contributed by atoms with Crippen molar-refractivity contribution >= 4 is 23.7 Å². The average Bonchev–Trinajstić information content (AvgIpc) is 3.10. The number of rotatable bonds is 6. The number of nitrogens with zero attached hydrogens (tertiary/aromatic N) is 1. The Labute approximate surface area is 156 Å². The quantitative estimate of drug-likeness (QED) is 0.517. The van der Waals surface area contributed by atoms with Crippen LogP contribution in [0, 0.1) is 6.92 Å². The molecule has 1 amide bonds. The van der Waals surface area contributed by atoms with Crippen molar-refractivity contribution in [1.82, 2.24) is 5.43 Å². The van der Waals surface area contributed by atoms with Crippen LogP contribution >= 0.6 is 11.6 Å². The number of amides is 1. The number of nitrogens with one attached hydrogen (secondary N) is 1. The molecule has 0 atom stereocenters. The van der Waals surface area contributed by atoms with E-state index in [1.54, 1.807) is 18.2 Å². The average molecular weight is 369 g/mol. The first kappa shape index (κ1) is 17.8. The van der Waals surface area contributed by atoms with Crippen LogP contribution < -0.4 is 10.2 Å². The van der Waals surface area contributed by atoms with Gasteiger partial charge in [0.2, 0.25) is 0 Å². The van der Waals surface area contributed by atoms with E-state index in [2.05, 4.69) is 10.5 Å². The van der Waals surface area contributed by atoms with Gasteiger partial charge in [-0.15, -0.1) is 0 Å². The molecular weight excluding hydrogens is 352 g/mol. The van der Waals surface area contributed by atoms with E-state index in [4.69, 9.17) is 20.8 Å². The molecule has 0 aliphatic heterocycles. The number of carbonyl (C=O) groups is 1. The zero-order chi connectivity index (χ0) is 18.4. The molecule has 1 heterocycles. The van der Waals surface area contributed by atoms with E-state index in [1.165, 1.54) is 6.21 Å². The number of hydrogen-bond donors (Lipinski definition) is 1. The normalized spacial score (nSPS) is 10.8. The Balaban J connectivity index is 1.51. The molecule has 1 N–H and O–H groups in total. The minimum absolute atomic E-state index is 0.122. The summed E-state index contributed by atoms with van der Waals surface area (Å²) < 4.78 is 11.0. The molecule has 0 fully saturated rings. The van der Waals surface area contributed by atoms with Gasteiger partial charge in [-0.1, -0.05) is 41.4 Å². The summed E-state index contributed by atoms with van der Waals surface area (Å²) in [5.74, 6) is 1.40. The van der Waals surface area contributed by atoms with Gasteiger partial charge in [0.1, 0.15) is 17.3 Å². The third-order valence-electron chi connectivity index (χ3n) is 3.54. The van der Waals surface area contributed by atoms with Gasteiger partial charge in [0.15, 0.2) is 6.61 Å². The first-order valence-corrected chi connectivity index (χ1v) is 8.36.